The largest absolute Gasteiger partial charge is 0.496 e. The Balaban J connectivity index is 0.000000294. The molecule has 0 bridgehead atoms. The normalized spacial score (nSPS) is 10.2. The zero-order chi connectivity index (χ0) is 29.5. The Labute approximate surface area is 240 Å². The van der Waals surface area contributed by atoms with Gasteiger partial charge in [-0.1, -0.05) is 45.6 Å². The van der Waals surface area contributed by atoms with Crippen molar-refractivity contribution in [3.05, 3.63) is 84.9 Å². The van der Waals surface area contributed by atoms with Gasteiger partial charge >= 0.3 is 0 Å². The Morgan fingerprint density at radius 1 is 1.12 bits per heavy atom. The van der Waals surface area contributed by atoms with Gasteiger partial charge in [0.15, 0.2) is 0 Å². The van der Waals surface area contributed by atoms with Crippen LogP contribution in [0, 0.1) is 6.92 Å². The molecule has 0 aliphatic rings. The van der Waals surface area contributed by atoms with Crippen LogP contribution in [-0.4, -0.2) is 43.8 Å². The van der Waals surface area contributed by atoms with Crippen molar-refractivity contribution in [2.24, 2.45) is 0 Å². The first-order valence-electron chi connectivity index (χ1n) is 13.7. The maximum Gasteiger partial charge on any atom is 0.259 e. The number of hydrogen-bond donors (Lipinski definition) is 2. The molecule has 0 aliphatic carbocycles. The maximum absolute atomic E-state index is 12.0. The van der Waals surface area contributed by atoms with Crippen molar-refractivity contribution < 1.29 is 18.7 Å². The van der Waals surface area contributed by atoms with Crippen molar-refractivity contribution in [2.45, 2.75) is 59.5 Å². The van der Waals surface area contributed by atoms with Gasteiger partial charge < -0.3 is 24.0 Å². The fourth-order valence-electron chi connectivity index (χ4n) is 3.89. The van der Waals surface area contributed by atoms with Crippen LogP contribution in [-0.2, 0) is 17.9 Å². The van der Waals surface area contributed by atoms with Crippen LogP contribution in [0.15, 0.2) is 71.9 Å². The van der Waals surface area contributed by atoms with Crippen molar-refractivity contribution in [1.29, 1.82) is 0 Å². The van der Waals surface area contributed by atoms with Gasteiger partial charge in [0.2, 0.25) is 12.2 Å². The number of carbonyl (C=O) groups is 2. The van der Waals surface area contributed by atoms with E-state index in [1.54, 1.807) is 13.3 Å². The molecule has 5 aromatic rings. The third-order valence-corrected chi connectivity index (χ3v) is 6.02. The number of hydrogen-bond acceptors (Lipinski definition) is 7. The molecule has 1 amide bonds. The summed E-state index contributed by atoms with van der Waals surface area (Å²) in [5, 5.41) is 3.90. The number of benzene rings is 1. The Morgan fingerprint density at radius 3 is 2.49 bits per heavy atom. The number of oxazole rings is 1. The Morgan fingerprint density at radius 2 is 1.88 bits per heavy atom. The van der Waals surface area contributed by atoms with E-state index in [-0.39, 0.29) is 18.3 Å². The molecule has 0 spiro atoms. The number of amides is 1. The number of rotatable bonds is 10. The van der Waals surface area contributed by atoms with Gasteiger partial charge in [-0.2, -0.15) is 0 Å². The lowest BCUT2D eigenvalue weighted by molar-refractivity contribution is -0.121. The van der Waals surface area contributed by atoms with Crippen molar-refractivity contribution in [3.8, 4) is 17.0 Å². The summed E-state index contributed by atoms with van der Waals surface area (Å²) in [6.45, 7) is 7.04. The highest BCUT2D eigenvalue weighted by Crippen LogP contribution is 2.32. The van der Waals surface area contributed by atoms with Crippen LogP contribution >= 0.6 is 0 Å². The number of aromatic amines is 1. The standard InChI is InChI=1S/C21H21N5O2.C6H14.C4H3NO2/c1-14-5-6-15-9-16(19(28-2)10-17(15)24-14)18-11-22-20(25-18)12-23-21(27)13-26-7-3-4-8-26;1-3-5-6-4-2;6-3-4-5-1-2-7-4/h3-11H,12-13H2,1-2H3,(H,22,25)(H,23,27);3-6H2,1-2H3;1-3H. The number of aryl methyl sites for hydroxylation is 1. The van der Waals surface area contributed by atoms with E-state index in [4.69, 9.17) is 4.74 Å². The van der Waals surface area contributed by atoms with Gasteiger partial charge in [0, 0.05) is 35.1 Å². The second kappa shape index (κ2) is 16.4. The van der Waals surface area contributed by atoms with E-state index in [1.807, 2.05) is 60.3 Å². The molecule has 0 unspecified atom stereocenters. The Kier molecular flexibility index (Phi) is 12.3. The zero-order valence-electron chi connectivity index (χ0n) is 24.1. The highest BCUT2D eigenvalue weighted by atomic mass is 16.5. The number of aromatic nitrogens is 5. The number of unbranched alkanes of at least 4 members (excludes halogenated alkanes) is 3. The lowest BCUT2D eigenvalue weighted by Crippen LogP contribution is -2.27. The van der Waals surface area contributed by atoms with Crippen LogP contribution in [0.4, 0.5) is 0 Å². The molecular formula is C31H38N6O4. The van der Waals surface area contributed by atoms with Gasteiger partial charge in [0.25, 0.3) is 5.89 Å². The number of H-pyrrole nitrogens is 1. The zero-order valence-corrected chi connectivity index (χ0v) is 24.1. The number of imidazole rings is 1. The van der Waals surface area contributed by atoms with Crippen LogP contribution in [0.1, 0.15) is 61.7 Å². The number of ether oxygens (including phenoxy) is 1. The SMILES string of the molecule is CCCCCC.COc1cc2nc(C)ccc2cc1-c1cnc(CNC(=O)Cn2cccc2)[nH]1.O=Cc1ncco1. The van der Waals surface area contributed by atoms with Crippen LogP contribution < -0.4 is 10.1 Å². The first-order chi connectivity index (χ1) is 20.0. The number of aldehydes is 1. The predicted octanol–water partition coefficient (Wildman–Crippen LogP) is 6.13. The van der Waals surface area contributed by atoms with Gasteiger partial charge in [-0.15, -0.1) is 0 Å². The molecule has 216 valence electrons. The van der Waals surface area contributed by atoms with Crippen molar-refractivity contribution >= 4 is 23.1 Å². The highest BCUT2D eigenvalue weighted by molar-refractivity contribution is 5.87. The third-order valence-electron chi connectivity index (χ3n) is 6.02. The number of carbonyl (C=O) groups excluding carboxylic acids is 2. The molecule has 0 saturated heterocycles. The molecule has 0 aliphatic heterocycles. The average Bonchev–Trinajstić information content (AvgIpc) is 3.78. The number of nitrogens with one attached hydrogen (secondary N) is 2. The second-order valence-corrected chi connectivity index (χ2v) is 9.27. The lowest BCUT2D eigenvalue weighted by Gasteiger charge is -2.09. The predicted molar refractivity (Wildman–Crippen MR) is 159 cm³/mol. The van der Waals surface area contributed by atoms with E-state index in [1.165, 1.54) is 38.1 Å². The summed E-state index contributed by atoms with van der Waals surface area (Å²) in [7, 11) is 1.64. The number of fused-ring (bicyclic) bond motifs is 1. The summed E-state index contributed by atoms with van der Waals surface area (Å²) in [4.78, 5) is 37.4. The highest BCUT2D eigenvalue weighted by Gasteiger charge is 2.12. The van der Waals surface area contributed by atoms with E-state index in [0.29, 0.717) is 18.7 Å². The minimum absolute atomic E-state index is 0.0705. The quantitative estimate of drug-likeness (QED) is 0.156. The minimum atomic E-state index is -0.0705. The topological polar surface area (TPSA) is 128 Å². The fourth-order valence-corrected chi connectivity index (χ4v) is 3.89. The van der Waals surface area contributed by atoms with E-state index < -0.39 is 0 Å². The molecule has 2 N–H and O–H groups in total. The van der Waals surface area contributed by atoms with Crippen LogP contribution in [0.25, 0.3) is 22.2 Å². The molecule has 0 atom stereocenters. The van der Waals surface area contributed by atoms with Gasteiger partial charge in [-0.05, 0) is 31.2 Å². The smallest absolute Gasteiger partial charge is 0.259 e. The maximum atomic E-state index is 12.0. The van der Waals surface area contributed by atoms with Crippen molar-refractivity contribution in [2.75, 3.05) is 7.11 Å². The van der Waals surface area contributed by atoms with E-state index >= 15 is 0 Å². The number of methoxy groups -OCH3 is 1. The monoisotopic (exact) mass is 558 g/mol. The van der Waals surface area contributed by atoms with Crippen LogP contribution in [0.2, 0.25) is 0 Å². The van der Waals surface area contributed by atoms with Gasteiger partial charge in [0.05, 0.1) is 37.3 Å². The summed E-state index contributed by atoms with van der Waals surface area (Å²) in [5.41, 5.74) is 3.58. The molecule has 4 heterocycles. The first-order valence-corrected chi connectivity index (χ1v) is 13.7. The molecule has 0 fully saturated rings. The summed E-state index contributed by atoms with van der Waals surface area (Å²) in [6.07, 6.45) is 14.3. The molecule has 10 nitrogen and oxygen atoms in total. The summed E-state index contributed by atoms with van der Waals surface area (Å²) in [5.74, 6) is 1.45. The van der Waals surface area contributed by atoms with Crippen LogP contribution in [0.3, 0.4) is 0 Å². The number of pyridine rings is 1. The summed E-state index contributed by atoms with van der Waals surface area (Å²) < 4.78 is 11.9. The van der Waals surface area contributed by atoms with Gasteiger partial charge in [-0.25, -0.2) is 9.97 Å². The lowest BCUT2D eigenvalue weighted by atomic mass is 10.1. The average molecular weight is 559 g/mol. The minimum Gasteiger partial charge on any atom is -0.496 e. The van der Waals surface area contributed by atoms with Crippen LogP contribution in [0.5, 0.6) is 5.75 Å². The first kappa shape index (κ1) is 30.8. The molecule has 5 rings (SSSR count). The Hall–Kier alpha value is -4.73. The van der Waals surface area contributed by atoms with E-state index in [0.717, 1.165) is 33.6 Å². The van der Waals surface area contributed by atoms with Crippen molar-refractivity contribution in [3.63, 3.8) is 0 Å². The molecule has 1 aromatic carbocycles. The fraction of sp³-hybridized carbons (Fsp3) is 0.323. The third kappa shape index (κ3) is 9.75. The number of nitrogens with zero attached hydrogens (tertiary/aromatic N) is 4. The Bertz CT molecular complexity index is 1470. The second-order valence-electron chi connectivity index (χ2n) is 9.27. The molecule has 0 saturated carbocycles. The summed E-state index contributed by atoms with van der Waals surface area (Å²) >= 11 is 0. The van der Waals surface area contributed by atoms with E-state index in [9.17, 15) is 9.59 Å². The molecule has 41 heavy (non-hydrogen) atoms. The molecule has 0 radical (unpaired) electrons. The van der Waals surface area contributed by atoms with Crippen molar-refractivity contribution in [1.82, 2.24) is 29.8 Å². The summed E-state index contributed by atoms with van der Waals surface area (Å²) in [6, 6.07) is 11.8. The van der Waals surface area contributed by atoms with Gasteiger partial charge in [0.1, 0.15) is 24.4 Å². The molecule has 4 aromatic heterocycles. The molecular weight excluding hydrogens is 520 g/mol. The molecule has 10 heteroatoms. The van der Waals surface area contributed by atoms with E-state index in [2.05, 4.69) is 43.5 Å². The van der Waals surface area contributed by atoms with Gasteiger partial charge in [-0.3, -0.25) is 14.6 Å².